The zero-order chi connectivity index (χ0) is 27.2. The van der Waals surface area contributed by atoms with Crippen molar-refractivity contribution in [1.82, 2.24) is 0 Å². The molecule has 3 aromatic carbocycles. The minimum absolute atomic E-state index is 0.239. The number of ether oxygens (including phenoxy) is 3. The molecule has 0 spiro atoms. The number of rotatable bonds is 12. The number of hydrogen-bond donors (Lipinski definition) is 0. The predicted octanol–water partition coefficient (Wildman–Crippen LogP) is 8.30. The minimum atomic E-state index is -0.429. The first-order valence-corrected chi connectivity index (χ1v) is 14.0. The van der Waals surface area contributed by atoms with Crippen LogP contribution in [0.25, 0.3) is 11.1 Å². The minimum Gasteiger partial charge on any atom is -0.492 e. The summed E-state index contributed by atoms with van der Waals surface area (Å²) >= 11 is 0. The summed E-state index contributed by atoms with van der Waals surface area (Å²) in [5.41, 5.74) is 6.42. The fourth-order valence-corrected chi connectivity index (χ4v) is 5.66. The van der Waals surface area contributed by atoms with Gasteiger partial charge in [0, 0.05) is 11.1 Å². The van der Waals surface area contributed by atoms with E-state index >= 15 is 0 Å². The number of fused-ring (bicyclic) bond motifs is 5. The highest BCUT2D eigenvalue weighted by molar-refractivity contribution is 6.01. The first-order valence-electron chi connectivity index (χ1n) is 14.0. The second-order valence-electron chi connectivity index (χ2n) is 10.0. The van der Waals surface area contributed by atoms with Gasteiger partial charge in [0.15, 0.2) is 0 Å². The molecule has 2 heterocycles. The van der Waals surface area contributed by atoms with Gasteiger partial charge in [-0.2, -0.15) is 10.5 Å². The van der Waals surface area contributed by atoms with Crippen LogP contribution in [0.2, 0.25) is 0 Å². The predicted molar refractivity (Wildman–Crippen MR) is 152 cm³/mol. The first kappa shape index (κ1) is 26.5. The molecule has 5 rings (SSSR count). The van der Waals surface area contributed by atoms with Crippen molar-refractivity contribution in [1.29, 1.82) is 10.5 Å². The molecule has 198 valence electrons. The molecule has 0 saturated carbocycles. The van der Waals surface area contributed by atoms with Gasteiger partial charge in [0.1, 0.15) is 47.0 Å². The average Bonchev–Trinajstić information content (AvgIpc) is 3.56. The van der Waals surface area contributed by atoms with Gasteiger partial charge in [-0.1, -0.05) is 100 Å². The Bertz CT molecular complexity index is 1320. The van der Waals surface area contributed by atoms with Crippen LogP contribution >= 0.6 is 0 Å². The molecule has 0 unspecified atom stereocenters. The van der Waals surface area contributed by atoms with E-state index in [1.165, 1.54) is 0 Å². The van der Waals surface area contributed by atoms with Crippen LogP contribution in [0, 0.1) is 22.7 Å². The van der Waals surface area contributed by atoms with Gasteiger partial charge < -0.3 is 14.2 Å². The van der Waals surface area contributed by atoms with Crippen molar-refractivity contribution in [2.45, 2.75) is 64.6 Å². The zero-order valence-electron chi connectivity index (χ0n) is 22.7. The second kappa shape index (κ2) is 12.2. The van der Waals surface area contributed by atoms with Gasteiger partial charge in [-0.15, -0.1) is 0 Å². The summed E-state index contributed by atoms with van der Waals surface area (Å²) in [6.45, 7) is 5.24. The highest BCUT2D eigenvalue weighted by atomic mass is 16.5. The molecule has 0 aliphatic carbocycles. The molecule has 2 bridgehead atoms. The lowest BCUT2D eigenvalue weighted by Crippen LogP contribution is -2.14. The molecule has 0 fully saturated rings. The van der Waals surface area contributed by atoms with Gasteiger partial charge in [-0.25, -0.2) is 0 Å². The number of unbranched alkanes of at least 4 members (excludes halogenated alkanes) is 4. The van der Waals surface area contributed by atoms with E-state index in [1.807, 2.05) is 36.4 Å². The molecule has 0 radical (unpaired) electrons. The molecule has 5 heteroatoms. The van der Waals surface area contributed by atoms with E-state index in [0.717, 1.165) is 71.9 Å². The maximum absolute atomic E-state index is 10.3. The Labute approximate surface area is 231 Å². The topological polar surface area (TPSA) is 75.3 Å². The van der Waals surface area contributed by atoms with Crippen LogP contribution in [0.15, 0.2) is 60.7 Å². The molecule has 5 nitrogen and oxygen atoms in total. The number of nitriles is 2. The third-order valence-corrected chi connectivity index (χ3v) is 7.48. The number of nitrogens with zero attached hydrogens (tertiary/aromatic N) is 2. The molecule has 0 aromatic heterocycles. The summed E-state index contributed by atoms with van der Waals surface area (Å²) in [4.78, 5) is 0. The Kier molecular flexibility index (Phi) is 8.30. The largest absolute Gasteiger partial charge is 0.492 e. The van der Waals surface area contributed by atoms with Crippen LogP contribution in [0.3, 0.4) is 0 Å². The lowest BCUT2D eigenvalue weighted by Gasteiger charge is -2.26. The van der Waals surface area contributed by atoms with Gasteiger partial charge in [-0.3, -0.25) is 0 Å². The van der Waals surface area contributed by atoms with Crippen molar-refractivity contribution in [2.75, 3.05) is 13.2 Å². The molecule has 3 aromatic rings. The van der Waals surface area contributed by atoms with Crippen LogP contribution in [0.4, 0.5) is 0 Å². The van der Waals surface area contributed by atoms with Crippen molar-refractivity contribution in [3.05, 3.63) is 94.0 Å². The molecule has 2 aliphatic heterocycles. The SMILES string of the molecule is CCCCCOc1c(C#N)c(C#N)c(OCCCCC)c2c1[C@@H]1O[C@H]2C(c2ccccc2)=C1c1ccccc1. The summed E-state index contributed by atoms with van der Waals surface area (Å²) in [6, 6.07) is 25.1. The Morgan fingerprint density at radius 3 is 1.41 bits per heavy atom. The van der Waals surface area contributed by atoms with Gasteiger partial charge >= 0.3 is 0 Å². The third kappa shape index (κ3) is 4.91. The van der Waals surface area contributed by atoms with Crippen molar-refractivity contribution >= 4 is 11.1 Å². The smallest absolute Gasteiger partial charge is 0.145 e. The summed E-state index contributed by atoms with van der Waals surface area (Å²) in [5, 5.41) is 20.6. The van der Waals surface area contributed by atoms with Crippen LogP contribution in [0.5, 0.6) is 11.5 Å². The molecule has 0 saturated heterocycles. The van der Waals surface area contributed by atoms with E-state index in [9.17, 15) is 10.5 Å². The summed E-state index contributed by atoms with van der Waals surface area (Å²) < 4.78 is 19.5. The lowest BCUT2D eigenvalue weighted by atomic mass is 9.78. The van der Waals surface area contributed by atoms with E-state index in [4.69, 9.17) is 14.2 Å². The van der Waals surface area contributed by atoms with Crippen molar-refractivity contribution in [2.24, 2.45) is 0 Å². The quantitative estimate of drug-likeness (QED) is 0.225. The first-order chi connectivity index (χ1) is 19.2. The third-order valence-electron chi connectivity index (χ3n) is 7.48. The molecule has 2 aliphatic rings. The monoisotopic (exact) mass is 518 g/mol. The van der Waals surface area contributed by atoms with Crippen LogP contribution in [0.1, 0.15) is 98.0 Å². The molecule has 0 N–H and O–H groups in total. The normalized spacial score (nSPS) is 17.0. The Balaban J connectivity index is 1.73. The van der Waals surface area contributed by atoms with E-state index < -0.39 is 12.2 Å². The lowest BCUT2D eigenvalue weighted by molar-refractivity contribution is 0.0931. The van der Waals surface area contributed by atoms with Gasteiger partial charge in [-0.05, 0) is 35.1 Å². The van der Waals surface area contributed by atoms with Crippen molar-refractivity contribution in [3.63, 3.8) is 0 Å². The maximum Gasteiger partial charge on any atom is 0.145 e. The molecule has 2 atom stereocenters. The Morgan fingerprint density at radius 2 is 1.05 bits per heavy atom. The summed E-state index contributed by atoms with van der Waals surface area (Å²) in [7, 11) is 0. The fourth-order valence-electron chi connectivity index (χ4n) is 5.66. The maximum atomic E-state index is 10.3. The average molecular weight is 519 g/mol. The highest BCUT2D eigenvalue weighted by Crippen LogP contribution is 2.65. The van der Waals surface area contributed by atoms with Crippen LogP contribution < -0.4 is 9.47 Å². The van der Waals surface area contributed by atoms with E-state index in [0.29, 0.717) is 24.7 Å². The van der Waals surface area contributed by atoms with E-state index in [1.54, 1.807) is 0 Å². The van der Waals surface area contributed by atoms with E-state index in [-0.39, 0.29) is 11.1 Å². The zero-order valence-corrected chi connectivity index (χ0v) is 22.7. The summed E-state index contributed by atoms with van der Waals surface area (Å²) in [6.07, 6.45) is 5.08. The molecular weight excluding hydrogens is 484 g/mol. The molecule has 39 heavy (non-hydrogen) atoms. The summed E-state index contributed by atoms with van der Waals surface area (Å²) in [5.74, 6) is 0.934. The molecular formula is C34H34N2O3. The van der Waals surface area contributed by atoms with Gasteiger partial charge in [0.25, 0.3) is 0 Å². The Hall–Kier alpha value is -4.06. The highest BCUT2D eigenvalue weighted by Gasteiger charge is 2.50. The fraction of sp³-hybridized carbons (Fsp3) is 0.353. The van der Waals surface area contributed by atoms with Crippen molar-refractivity contribution in [3.8, 4) is 23.6 Å². The Morgan fingerprint density at radius 1 is 0.641 bits per heavy atom. The number of hydrogen-bond acceptors (Lipinski definition) is 5. The van der Waals surface area contributed by atoms with Gasteiger partial charge in [0.2, 0.25) is 0 Å². The number of benzene rings is 3. The van der Waals surface area contributed by atoms with Crippen LogP contribution in [-0.2, 0) is 4.74 Å². The van der Waals surface area contributed by atoms with Crippen LogP contribution in [-0.4, -0.2) is 13.2 Å². The second-order valence-corrected chi connectivity index (χ2v) is 10.0. The van der Waals surface area contributed by atoms with Gasteiger partial charge in [0.05, 0.1) is 13.2 Å². The standard InChI is InChI=1S/C34H34N2O3/c1-3-5-13-19-37-31-25(21-35)26(22-36)32(38-20-14-6-4-2)30-29(31)33-27(23-15-9-7-10-16-23)28(34(30)39-33)24-17-11-8-12-18-24/h7-12,15-18,33-34H,3-6,13-14,19-20H2,1-2H3/t33-,34+. The van der Waals surface area contributed by atoms with E-state index in [2.05, 4.69) is 50.3 Å². The molecule has 0 amide bonds. The van der Waals surface area contributed by atoms with Crippen molar-refractivity contribution < 1.29 is 14.2 Å².